The summed E-state index contributed by atoms with van der Waals surface area (Å²) in [5, 5.41) is 8.80. The molecular weight excluding hydrogens is 142 g/mol. The molecule has 10 heavy (non-hydrogen) atoms. The van der Waals surface area contributed by atoms with E-state index in [2.05, 4.69) is 12.3 Å². The first-order valence-corrected chi connectivity index (χ1v) is 5.13. The number of nitriles is 1. The second-order valence-corrected chi connectivity index (χ2v) is 3.97. The van der Waals surface area contributed by atoms with Crippen LogP contribution in [0, 0.1) is 16.7 Å². The fourth-order valence-corrected chi connectivity index (χ4v) is 1.91. The second kappa shape index (κ2) is 3.30. The maximum Gasteiger partial charge on any atom is 0.0690 e. The molecule has 1 rings (SSSR count). The van der Waals surface area contributed by atoms with Crippen molar-refractivity contribution in [1.29, 1.82) is 5.26 Å². The maximum atomic E-state index is 8.80. The van der Waals surface area contributed by atoms with Gasteiger partial charge < -0.3 is 0 Å². The topological polar surface area (TPSA) is 23.8 Å². The first-order chi connectivity index (χ1) is 4.83. The van der Waals surface area contributed by atoms with Gasteiger partial charge in [0.1, 0.15) is 0 Å². The molecule has 1 aliphatic carbocycles. The molecule has 2 heteroatoms. The Balaban J connectivity index is 2.29. The van der Waals surface area contributed by atoms with Crippen molar-refractivity contribution in [2.24, 2.45) is 5.41 Å². The van der Waals surface area contributed by atoms with Crippen molar-refractivity contribution in [1.82, 2.24) is 0 Å². The van der Waals surface area contributed by atoms with Gasteiger partial charge in [0.2, 0.25) is 0 Å². The number of hydrogen-bond donors (Lipinski definition) is 0. The van der Waals surface area contributed by atoms with Gasteiger partial charge in [0.05, 0.1) is 11.5 Å². The largest absolute Gasteiger partial charge is 0.198 e. The highest BCUT2D eigenvalue weighted by atomic mass is 32.2. The Morgan fingerprint density at radius 2 is 2.30 bits per heavy atom. The third kappa shape index (κ3) is 1.46. The number of rotatable bonds is 3. The predicted octanol–water partition coefficient (Wildman–Crippen LogP) is 2.43. The lowest BCUT2D eigenvalue weighted by molar-refractivity contribution is 0.209. The van der Waals surface area contributed by atoms with Gasteiger partial charge in [0.15, 0.2) is 0 Å². The molecule has 0 bridgehead atoms. The molecule has 0 spiro atoms. The van der Waals surface area contributed by atoms with E-state index >= 15 is 0 Å². The summed E-state index contributed by atoms with van der Waals surface area (Å²) in [5.41, 5.74) is 0.100. The zero-order chi connectivity index (χ0) is 7.45. The van der Waals surface area contributed by atoms with Crippen molar-refractivity contribution in [3.05, 3.63) is 0 Å². The molecule has 1 saturated carbocycles. The highest BCUT2D eigenvalue weighted by molar-refractivity contribution is 7.98. The van der Waals surface area contributed by atoms with E-state index in [1.165, 1.54) is 6.42 Å². The van der Waals surface area contributed by atoms with Gasteiger partial charge in [-0.25, -0.2) is 0 Å². The van der Waals surface area contributed by atoms with Gasteiger partial charge in [-0.2, -0.15) is 17.0 Å². The molecule has 0 saturated heterocycles. The van der Waals surface area contributed by atoms with E-state index < -0.39 is 0 Å². The van der Waals surface area contributed by atoms with Crippen LogP contribution in [-0.2, 0) is 0 Å². The minimum atomic E-state index is 0.100. The van der Waals surface area contributed by atoms with Crippen LogP contribution in [0.15, 0.2) is 0 Å². The monoisotopic (exact) mass is 155 g/mol. The van der Waals surface area contributed by atoms with Crippen molar-refractivity contribution in [2.45, 2.75) is 25.7 Å². The molecule has 0 heterocycles. The van der Waals surface area contributed by atoms with Gasteiger partial charge in [-0.15, -0.1) is 0 Å². The molecule has 56 valence electrons. The molecule has 0 aromatic rings. The summed E-state index contributed by atoms with van der Waals surface area (Å²) in [6, 6.07) is 2.44. The van der Waals surface area contributed by atoms with E-state index in [1.54, 1.807) is 0 Å². The Morgan fingerprint density at radius 3 is 2.60 bits per heavy atom. The van der Waals surface area contributed by atoms with Crippen LogP contribution in [0.25, 0.3) is 0 Å². The Labute approximate surface area is 66.8 Å². The van der Waals surface area contributed by atoms with Crippen molar-refractivity contribution in [3.8, 4) is 6.07 Å². The summed E-state index contributed by atoms with van der Waals surface area (Å²) in [7, 11) is 0. The number of thioether (sulfide) groups is 1. The summed E-state index contributed by atoms with van der Waals surface area (Å²) in [6.45, 7) is 0. The standard InChI is InChI=1S/C8H13NS/c1-10-6-5-8(7-9)3-2-4-8/h2-6H2,1H3. The van der Waals surface area contributed by atoms with E-state index in [0.717, 1.165) is 25.0 Å². The lowest BCUT2D eigenvalue weighted by Crippen LogP contribution is -2.27. The molecule has 0 radical (unpaired) electrons. The van der Waals surface area contributed by atoms with Crippen molar-refractivity contribution in [3.63, 3.8) is 0 Å². The SMILES string of the molecule is CSCCC1(C#N)CCC1. The zero-order valence-electron chi connectivity index (χ0n) is 6.39. The van der Waals surface area contributed by atoms with Crippen molar-refractivity contribution in [2.75, 3.05) is 12.0 Å². The van der Waals surface area contributed by atoms with Gasteiger partial charge in [0, 0.05) is 0 Å². The maximum absolute atomic E-state index is 8.80. The molecule has 0 unspecified atom stereocenters. The van der Waals surface area contributed by atoms with Crippen molar-refractivity contribution < 1.29 is 0 Å². The normalized spacial score (nSPS) is 21.2. The quantitative estimate of drug-likeness (QED) is 0.625. The summed E-state index contributed by atoms with van der Waals surface area (Å²) >= 11 is 1.84. The molecule has 1 aliphatic rings. The van der Waals surface area contributed by atoms with Gasteiger partial charge in [-0.05, 0) is 31.3 Å². The van der Waals surface area contributed by atoms with Crippen LogP contribution >= 0.6 is 11.8 Å². The Bertz CT molecular complexity index is 144. The highest BCUT2D eigenvalue weighted by Gasteiger charge is 2.36. The first kappa shape index (κ1) is 7.94. The molecule has 0 N–H and O–H groups in total. The first-order valence-electron chi connectivity index (χ1n) is 3.73. The Hall–Kier alpha value is -0.160. The molecule has 0 aromatic heterocycles. The minimum absolute atomic E-state index is 0.100. The van der Waals surface area contributed by atoms with E-state index in [-0.39, 0.29) is 5.41 Å². The average Bonchev–Trinajstić information content (AvgIpc) is 1.87. The average molecular weight is 155 g/mol. The smallest absolute Gasteiger partial charge is 0.0690 e. The number of nitrogens with zero attached hydrogens (tertiary/aromatic N) is 1. The molecule has 0 aliphatic heterocycles. The van der Waals surface area contributed by atoms with Crippen LogP contribution in [0.1, 0.15) is 25.7 Å². The van der Waals surface area contributed by atoms with Crippen molar-refractivity contribution >= 4 is 11.8 Å². The fourth-order valence-electron chi connectivity index (χ4n) is 1.32. The van der Waals surface area contributed by atoms with Gasteiger partial charge in [0.25, 0.3) is 0 Å². The summed E-state index contributed by atoms with van der Waals surface area (Å²) in [6.07, 6.45) is 6.75. The zero-order valence-corrected chi connectivity index (χ0v) is 7.21. The summed E-state index contributed by atoms with van der Waals surface area (Å²) in [5.74, 6) is 1.15. The minimum Gasteiger partial charge on any atom is -0.198 e. The van der Waals surface area contributed by atoms with Crippen LogP contribution in [0.2, 0.25) is 0 Å². The molecule has 1 nitrogen and oxygen atoms in total. The lowest BCUT2D eigenvalue weighted by atomic mass is 9.68. The lowest BCUT2D eigenvalue weighted by Gasteiger charge is -2.34. The molecule has 0 amide bonds. The Kier molecular flexibility index (Phi) is 2.62. The second-order valence-electron chi connectivity index (χ2n) is 2.99. The van der Waals surface area contributed by atoms with E-state index in [1.807, 2.05) is 11.8 Å². The van der Waals surface area contributed by atoms with Crippen LogP contribution in [0.4, 0.5) is 0 Å². The molecule has 1 fully saturated rings. The van der Waals surface area contributed by atoms with E-state index in [9.17, 15) is 0 Å². The van der Waals surface area contributed by atoms with E-state index in [0.29, 0.717) is 0 Å². The predicted molar refractivity (Wildman–Crippen MR) is 44.9 cm³/mol. The fraction of sp³-hybridized carbons (Fsp3) is 0.875. The van der Waals surface area contributed by atoms with Gasteiger partial charge in [-0.3, -0.25) is 0 Å². The van der Waals surface area contributed by atoms with Crippen LogP contribution in [-0.4, -0.2) is 12.0 Å². The third-order valence-corrected chi connectivity index (χ3v) is 2.94. The highest BCUT2D eigenvalue weighted by Crippen LogP contribution is 2.43. The molecule has 0 atom stereocenters. The Morgan fingerprint density at radius 1 is 1.60 bits per heavy atom. The third-order valence-electron chi connectivity index (χ3n) is 2.33. The molecular formula is C8H13NS. The van der Waals surface area contributed by atoms with Gasteiger partial charge in [-0.1, -0.05) is 6.42 Å². The van der Waals surface area contributed by atoms with Crippen LogP contribution in [0.5, 0.6) is 0 Å². The van der Waals surface area contributed by atoms with E-state index in [4.69, 9.17) is 5.26 Å². The summed E-state index contributed by atoms with van der Waals surface area (Å²) < 4.78 is 0. The molecule has 0 aromatic carbocycles. The number of hydrogen-bond acceptors (Lipinski definition) is 2. The summed E-state index contributed by atoms with van der Waals surface area (Å²) in [4.78, 5) is 0. The van der Waals surface area contributed by atoms with Gasteiger partial charge >= 0.3 is 0 Å². The van der Waals surface area contributed by atoms with Crippen LogP contribution < -0.4 is 0 Å². The van der Waals surface area contributed by atoms with Crippen LogP contribution in [0.3, 0.4) is 0 Å².